The maximum absolute atomic E-state index is 11.6. The lowest BCUT2D eigenvalue weighted by molar-refractivity contribution is 0.262. The number of carbonyl (C=O) groups is 1. The van der Waals surface area contributed by atoms with E-state index < -0.39 is 6.03 Å². The number of nitrogens with one attached hydrogen (secondary N) is 2. The van der Waals surface area contributed by atoms with E-state index in [9.17, 15) is 4.79 Å². The number of anilines is 2. The van der Waals surface area contributed by atoms with Gasteiger partial charge in [-0.3, -0.25) is 5.32 Å². The number of aromatic nitrogens is 2. The first-order valence-corrected chi connectivity index (χ1v) is 5.85. The maximum atomic E-state index is 11.6. The zero-order valence-electron chi connectivity index (χ0n) is 8.77. The SMILES string of the molecule is Cn1cc(O)nc1NC(=O)Nc1csc(Cl)c1. The van der Waals surface area contributed by atoms with Gasteiger partial charge in [-0.2, -0.15) is 4.98 Å². The van der Waals surface area contributed by atoms with Gasteiger partial charge in [-0.05, 0) is 6.07 Å². The van der Waals surface area contributed by atoms with Gasteiger partial charge in [0, 0.05) is 12.4 Å². The van der Waals surface area contributed by atoms with Gasteiger partial charge < -0.3 is 15.0 Å². The third-order valence-electron chi connectivity index (χ3n) is 1.91. The molecule has 0 aliphatic heterocycles. The molecule has 2 amide bonds. The van der Waals surface area contributed by atoms with Gasteiger partial charge in [0.2, 0.25) is 11.8 Å². The molecule has 0 saturated carbocycles. The van der Waals surface area contributed by atoms with Gasteiger partial charge in [-0.1, -0.05) is 11.6 Å². The number of aromatic hydroxyl groups is 1. The first kappa shape index (κ1) is 11.7. The van der Waals surface area contributed by atoms with Crippen LogP contribution in [-0.4, -0.2) is 20.7 Å². The quantitative estimate of drug-likeness (QED) is 0.786. The van der Waals surface area contributed by atoms with Crippen LogP contribution in [0.3, 0.4) is 0 Å². The van der Waals surface area contributed by atoms with E-state index in [-0.39, 0.29) is 11.8 Å². The third kappa shape index (κ3) is 2.89. The van der Waals surface area contributed by atoms with Crippen molar-refractivity contribution in [2.45, 2.75) is 0 Å². The molecule has 0 fully saturated rings. The highest BCUT2D eigenvalue weighted by molar-refractivity contribution is 7.14. The minimum absolute atomic E-state index is 0.152. The number of thiophene rings is 1. The smallest absolute Gasteiger partial charge is 0.326 e. The number of rotatable bonds is 2. The van der Waals surface area contributed by atoms with Crippen LogP contribution in [0.2, 0.25) is 4.34 Å². The summed E-state index contributed by atoms with van der Waals surface area (Å²) in [5.41, 5.74) is 0.607. The van der Waals surface area contributed by atoms with Gasteiger partial charge in [0.25, 0.3) is 0 Å². The Morgan fingerprint density at radius 3 is 2.88 bits per heavy atom. The van der Waals surface area contributed by atoms with Crippen molar-refractivity contribution in [2.75, 3.05) is 10.6 Å². The van der Waals surface area contributed by atoms with Gasteiger partial charge in [-0.25, -0.2) is 4.79 Å². The molecule has 2 aromatic heterocycles. The Labute approximate surface area is 106 Å². The Morgan fingerprint density at radius 2 is 2.35 bits per heavy atom. The minimum atomic E-state index is -0.451. The first-order chi connectivity index (χ1) is 8.04. The largest absolute Gasteiger partial charge is 0.492 e. The second-order valence-corrected chi connectivity index (χ2v) is 4.79. The van der Waals surface area contributed by atoms with Crippen LogP contribution in [0.4, 0.5) is 16.4 Å². The van der Waals surface area contributed by atoms with E-state index in [4.69, 9.17) is 16.7 Å². The van der Waals surface area contributed by atoms with Crippen molar-refractivity contribution in [3.8, 4) is 5.88 Å². The molecule has 0 saturated heterocycles. The number of hydrogen-bond donors (Lipinski definition) is 3. The molecule has 0 aliphatic rings. The summed E-state index contributed by atoms with van der Waals surface area (Å²) in [5.74, 6) is 0.0997. The zero-order valence-corrected chi connectivity index (χ0v) is 10.3. The molecule has 0 spiro atoms. The highest BCUT2D eigenvalue weighted by atomic mass is 35.5. The normalized spacial score (nSPS) is 10.2. The monoisotopic (exact) mass is 272 g/mol. The van der Waals surface area contributed by atoms with Gasteiger partial charge in [0.1, 0.15) is 0 Å². The number of aryl methyl sites for hydroxylation is 1. The molecular weight excluding hydrogens is 264 g/mol. The Kier molecular flexibility index (Phi) is 3.21. The predicted molar refractivity (Wildman–Crippen MR) is 66.8 cm³/mol. The van der Waals surface area contributed by atoms with E-state index in [0.717, 1.165) is 0 Å². The summed E-state index contributed by atoms with van der Waals surface area (Å²) in [7, 11) is 1.66. The number of nitrogens with zero attached hydrogens (tertiary/aromatic N) is 2. The summed E-state index contributed by atoms with van der Waals surface area (Å²) in [6.07, 6.45) is 1.39. The summed E-state index contributed by atoms with van der Waals surface area (Å²) >= 11 is 7.05. The lowest BCUT2D eigenvalue weighted by Gasteiger charge is -2.04. The second-order valence-electron chi connectivity index (χ2n) is 3.25. The zero-order chi connectivity index (χ0) is 12.4. The van der Waals surface area contributed by atoms with Crippen molar-refractivity contribution in [2.24, 2.45) is 7.05 Å². The minimum Gasteiger partial charge on any atom is -0.492 e. The van der Waals surface area contributed by atoms with Gasteiger partial charge in [0.05, 0.1) is 16.2 Å². The summed E-state index contributed by atoms with van der Waals surface area (Å²) in [4.78, 5) is 15.3. The Balaban J connectivity index is 2.00. The number of urea groups is 1. The Hall–Kier alpha value is -1.73. The summed E-state index contributed by atoms with van der Waals surface area (Å²) in [6, 6.07) is 1.19. The maximum Gasteiger partial charge on any atom is 0.326 e. The first-order valence-electron chi connectivity index (χ1n) is 4.59. The number of carbonyl (C=O) groups excluding carboxylic acids is 1. The molecule has 0 atom stereocenters. The predicted octanol–water partition coefficient (Wildman–Crippen LogP) is 2.48. The molecule has 2 aromatic rings. The average molecular weight is 273 g/mol. The van der Waals surface area contributed by atoms with E-state index in [1.54, 1.807) is 18.5 Å². The van der Waals surface area contributed by atoms with Crippen LogP contribution in [0.5, 0.6) is 5.88 Å². The average Bonchev–Trinajstić information content (AvgIpc) is 2.74. The summed E-state index contributed by atoms with van der Waals surface area (Å²) in [6.45, 7) is 0. The van der Waals surface area contributed by atoms with Crippen molar-refractivity contribution >= 4 is 40.6 Å². The lowest BCUT2D eigenvalue weighted by atomic mass is 10.5. The molecule has 6 nitrogen and oxygen atoms in total. The van der Waals surface area contributed by atoms with Crippen LogP contribution in [0.25, 0.3) is 0 Å². The molecule has 2 heterocycles. The van der Waals surface area contributed by atoms with Crippen LogP contribution in [-0.2, 0) is 7.05 Å². The van der Waals surface area contributed by atoms with Crippen molar-refractivity contribution in [1.29, 1.82) is 0 Å². The van der Waals surface area contributed by atoms with Crippen molar-refractivity contribution in [3.05, 3.63) is 22.0 Å². The van der Waals surface area contributed by atoms with Crippen molar-refractivity contribution in [3.63, 3.8) is 0 Å². The molecular formula is C9H9ClN4O2S. The van der Waals surface area contributed by atoms with Gasteiger partial charge in [-0.15, -0.1) is 11.3 Å². The standard InChI is InChI=1S/C9H9ClN4O2S/c1-14-3-7(15)12-8(14)13-9(16)11-5-2-6(10)17-4-5/h2-4,15H,1H3,(H2,11,12,13,16). The van der Waals surface area contributed by atoms with Gasteiger partial charge >= 0.3 is 6.03 Å². The molecule has 17 heavy (non-hydrogen) atoms. The van der Waals surface area contributed by atoms with Crippen LogP contribution in [0.15, 0.2) is 17.6 Å². The fourth-order valence-corrected chi connectivity index (χ4v) is 2.02. The van der Waals surface area contributed by atoms with Gasteiger partial charge in [0.15, 0.2) is 0 Å². The molecule has 2 rings (SSSR count). The molecule has 90 valence electrons. The number of hydrogen-bond acceptors (Lipinski definition) is 4. The Morgan fingerprint density at radius 1 is 1.59 bits per heavy atom. The number of amides is 2. The highest BCUT2D eigenvalue weighted by Crippen LogP contribution is 2.23. The lowest BCUT2D eigenvalue weighted by Crippen LogP contribution is -2.21. The summed E-state index contributed by atoms with van der Waals surface area (Å²) in [5, 5.41) is 15.9. The van der Waals surface area contributed by atoms with E-state index in [1.807, 2.05) is 0 Å². The van der Waals surface area contributed by atoms with Crippen molar-refractivity contribution in [1.82, 2.24) is 9.55 Å². The highest BCUT2D eigenvalue weighted by Gasteiger charge is 2.09. The van der Waals surface area contributed by atoms with E-state index >= 15 is 0 Å². The van der Waals surface area contributed by atoms with Crippen LogP contribution in [0.1, 0.15) is 0 Å². The molecule has 0 unspecified atom stereocenters. The fraction of sp³-hybridized carbons (Fsp3) is 0.111. The molecule has 0 radical (unpaired) electrons. The topological polar surface area (TPSA) is 79.2 Å². The molecule has 0 bridgehead atoms. The number of imidazole rings is 1. The second kappa shape index (κ2) is 4.64. The van der Waals surface area contributed by atoms with Crippen molar-refractivity contribution < 1.29 is 9.90 Å². The van der Waals surface area contributed by atoms with Crippen LogP contribution in [0, 0.1) is 0 Å². The Bertz CT molecular complexity index is 551. The molecule has 3 N–H and O–H groups in total. The third-order valence-corrected chi connectivity index (χ3v) is 3.01. The molecule has 0 aliphatic carbocycles. The molecule has 8 heteroatoms. The van der Waals surface area contributed by atoms with E-state index in [0.29, 0.717) is 10.0 Å². The summed E-state index contributed by atoms with van der Waals surface area (Å²) < 4.78 is 2.09. The van der Waals surface area contributed by atoms with E-state index in [2.05, 4.69) is 15.6 Å². The fourth-order valence-electron chi connectivity index (χ4n) is 1.21. The van der Waals surface area contributed by atoms with E-state index in [1.165, 1.54) is 22.1 Å². The van der Waals surface area contributed by atoms with Crippen LogP contribution < -0.4 is 10.6 Å². The van der Waals surface area contributed by atoms with Crippen LogP contribution >= 0.6 is 22.9 Å². The molecule has 0 aromatic carbocycles. The number of halogens is 1.